The summed E-state index contributed by atoms with van der Waals surface area (Å²) in [5, 5.41) is 11.3. The molecule has 1 aromatic rings. The Morgan fingerprint density at radius 3 is 2.78 bits per heavy atom. The molecule has 0 bridgehead atoms. The van der Waals surface area contributed by atoms with Gasteiger partial charge < -0.3 is 10.0 Å². The number of rotatable bonds is 3. The summed E-state index contributed by atoms with van der Waals surface area (Å²) in [4.78, 5) is 15.5. The predicted molar refractivity (Wildman–Crippen MR) is 74.2 cm³/mol. The van der Waals surface area contributed by atoms with Gasteiger partial charge in [0.05, 0.1) is 17.7 Å². The van der Waals surface area contributed by atoms with Crippen molar-refractivity contribution in [2.45, 2.75) is 45.1 Å². The van der Waals surface area contributed by atoms with Gasteiger partial charge in [-0.2, -0.15) is 0 Å². The van der Waals surface area contributed by atoms with Crippen molar-refractivity contribution < 1.29 is 9.90 Å². The molecule has 3 nitrogen and oxygen atoms in total. The summed E-state index contributed by atoms with van der Waals surface area (Å²) in [5.74, 6) is 0.0356. The molecule has 1 N–H and O–H groups in total. The Morgan fingerprint density at radius 1 is 1.44 bits per heavy atom. The minimum Gasteiger partial charge on any atom is -0.394 e. The lowest BCUT2D eigenvalue weighted by molar-refractivity contribution is 0.0472. The third-order valence-corrected chi connectivity index (χ3v) is 4.98. The lowest BCUT2D eigenvalue weighted by Gasteiger charge is -2.34. The summed E-state index contributed by atoms with van der Waals surface area (Å²) in [6.07, 6.45) is 4.55. The van der Waals surface area contributed by atoms with Gasteiger partial charge >= 0.3 is 0 Å². The topological polar surface area (TPSA) is 40.5 Å². The lowest BCUT2D eigenvalue weighted by Crippen LogP contribution is -2.47. The molecule has 0 saturated carbocycles. The minimum atomic E-state index is -0.513. The van der Waals surface area contributed by atoms with E-state index in [-0.39, 0.29) is 12.5 Å². The second kappa shape index (κ2) is 5.02. The number of aryl methyl sites for hydroxylation is 1. The van der Waals surface area contributed by atoms with Crippen molar-refractivity contribution >= 4 is 17.2 Å². The summed E-state index contributed by atoms with van der Waals surface area (Å²) >= 11 is 1.71. The molecular formula is C14H21NO2S. The van der Waals surface area contributed by atoms with Gasteiger partial charge in [0.25, 0.3) is 5.91 Å². The van der Waals surface area contributed by atoms with Crippen LogP contribution in [0.15, 0.2) is 5.38 Å². The van der Waals surface area contributed by atoms with Crippen molar-refractivity contribution in [1.29, 1.82) is 0 Å². The highest BCUT2D eigenvalue weighted by atomic mass is 32.1. The van der Waals surface area contributed by atoms with Gasteiger partial charge in [-0.3, -0.25) is 4.79 Å². The van der Waals surface area contributed by atoms with E-state index < -0.39 is 5.54 Å². The van der Waals surface area contributed by atoms with Crippen LogP contribution in [0.3, 0.4) is 0 Å². The highest BCUT2D eigenvalue weighted by molar-refractivity contribution is 7.10. The SMILES string of the molecule is CN(C(=O)c1csc2c1CCCC2)C(C)(C)CO. The van der Waals surface area contributed by atoms with Crippen LogP contribution in [0.5, 0.6) is 0 Å². The zero-order valence-electron chi connectivity index (χ0n) is 11.3. The third kappa shape index (κ3) is 2.31. The first-order valence-electron chi connectivity index (χ1n) is 6.45. The molecule has 2 rings (SSSR count). The molecule has 0 fully saturated rings. The average molecular weight is 267 g/mol. The summed E-state index contributed by atoms with van der Waals surface area (Å²) in [6.45, 7) is 3.73. The predicted octanol–water partition coefficient (Wildman–Crippen LogP) is 2.47. The van der Waals surface area contributed by atoms with E-state index in [2.05, 4.69) is 0 Å². The quantitative estimate of drug-likeness (QED) is 0.914. The van der Waals surface area contributed by atoms with Gasteiger partial charge in [-0.05, 0) is 45.1 Å². The molecule has 1 amide bonds. The van der Waals surface area contributed by atoms with Crippen LogP contribution >= 0.6 is 11.3 Å². The lowest BCUT2D eigenvalue weighted by atomic mass is 9.94. The molecule has 0 saturated heterocycles. The molecule has 0 atom stereocenters. The summed E-state index contributed by atoms with van der Waals surface area (Å²) in [7, 11) is 1.77. The first-order chi connectivity index (χ1) is 8.47. The maximum atomic E-state index is 12.5. The first kappa shape index (κ1) is 13.6. The number of hydrogen-bond acceptors (Lipinski definition) is 3. The number of aliphatic hydroxyl groups excluding tert-OH is 1. The molecule has 100 valence electrons. The number of carbonyl (C=O) groups excluding carboxylic acids is 1. The molecule has 4 heteroatoms. The Bertz CT molecular complexity index is 451. The molecule has 0 radical (unpaired) electrons. The number of amides is 1. The Labute approximate surface area is 112 Å². The zero-order chi connectivity index (χ0) is 13.3. The summed E-state index contributed by atoms with van der Waals surface area (Å²) < 4.78 is 0. The van der Waals surface area contributed by atoms with Crippen LogP contribution in [-0.2, 0) is 12.8 Å². The van der Waals surface area contributed by atoms with Gasteiger partial charge in [0.15, 0.2) is 0 Å². The minimum absolute atomic E-state index is 0.0262. The number of fused-ring (bicyclic) bond motifs is 1. The van der Waals surface area contributed by atoms with E-state index in [0.29, 0.717) is 0 Å². The van der Waals surface area contributed by atoms with Crippen molar-refractivity contribution in [1.82, 2.24) is 4.90 Å². The Balaban J connectivity index is 2.27. The maximum absolute atomic E-state index is 12.5. The number of carbonyl (C=O) groups is 1. The van der Waals surface area contributed by atoms with Gasteiger partial charge in [0.1, 0.15) is 0 Å². The van der Waals surface area contributed by atoms with E-state index in [4.69, 9.17) is 0 Å². The van der Waals surface area contributed by atoms with E-state index >= 15 is 0 Å². The monoisotopic (exact) mass is 267 g/mol. The fraction of sp³-hybridized carbons (Fsp3) is 0.643. The largest absolute Gasteiger partial charge is 0.394 e. The van der Waals surface area contributed by atoms with Gasteiger partial charge in [0.2, 0.25) is 0 Å². The maximum Gasteiger partial charge on any atom is 0.255 e. The zero-order valence-corrected chi connectivity index (χ0v) is 12.1. The average Bonchev–Trinajstić information content (AvgIpc) is 2.80. The van der Waals surface area contributed by atoms with Crippen LogP contribution in [0.4, 0.5) is 0 Å². The summed E-state index contributed by atoms with van der Waals surface area (Å²) in [5.41, 5.74) is 1.58. The standard InChI is InChI=1S/C14H21NO2S/c1-14(2,9-16)15(3)13(17)11-8-18-12-7-5-4-6-10(11)12/h8,16H,4-7,9H2,1-3H3. The van der Waals surface area contributed by atoms with Crippen molar-refractivity contribution in [3.05, 3.63) is 21.4 Å². The molecule has 1 aliphatic carbocycles. The molecular weight excluding hydrogens is 246 g/mol. The van der Waals surface area contributed by atoms with Gasteiger partial charge in [-0.25, -0.2) is 0 Å². The van der Waals surface area contributed by atoms with Crippen LogP contribution in [0, 0.1) is 0 Å². The van der Waals surface area contributed by atoms with E-state index in [0.717, 1.165) is 18.4 Å². The van der Waals surface area contributed by atoms with Crippen molar-refractivity contribution in [2.24, 2.45) is 0 Å². The Hall–Kier alpha value is -0.870. The molecule has 0 aliphatic heterocycles. The second-order valence-corrected chi connectivity index (χ2v) is 6.56. The molecule has 1 aliphatic rings. The van der Waals surface area contributed by atoms with Crippen LogP contribution in [0.25, 0.3) is 0 Å². The molecule has 0 spiro atoms. The van der Waals surface area contributed by atoms with E-state index in [1.165, 1.54) is 23.3 Å². The Kier molecular flexibility index (Phi) is 3.78. The fourth-order valence-electron chi connectivity index (χ4n) is 2.23. The highest BCUT2D eigenvalue weighted by Gasteiger charge is 2.30. The Morgan fingerprint density at radius 2 is 2.11 bits per heavy atom. The first-order valence-corrected chi connectivity index (χ1v) is 7.33. The van der Waals surface area contributed by atoms with E-state index in [9.17, 15) is 9.90 Å². The molecule has 0 aromatic carbocycles. The second-order valence-electron chi connectivity index (χ2n) is 5.59. The smallest absolute Gasteiger partial charge is 0.255 e. The third-order valence-electron chi connectivity index (χ3n) is 3.89. The van der Waals surface area contributed by atoms with Crippen molar-refractivity contribution in [3.8, 4) is 0 Å². The number of likely N-dealkylation sites (N-methyl/N-ethyl adjacent to an activating group) is 1. The molecule has 1 heterocycles. The van der Waals surface area contributed by atoms with Crippen LogP contribution in [0.2, 0.25) is 0 Å². The number of aliphatic hydroxyl groups is 1. The van der Waals surface area contributed by atoms with Gasteiger partial charge in [-0.15, -0.1) is 11.3 Å². The van der Waals surface area contributed by atoms with Crippen LogP contribution in [0.1, 0.15) is 47.5 Å². The number of hydrogen-bond donors (Lipinski definition) is 1. The van der Waals surface area contributed by atoms with Crippen molar-refractivity contribution in [3.63, 3.8) is 0 Å². The molecule has 1 aromatic heterocycles. The number of thiophene rings is 1. The normalized spacial score (nSPS) is 15.3. The van der Waals surface area contributed by atoms with Gasteiger partial charge in [0, 0.05) is 17.3 Å². The van der Waals surface area contributed by atoms with E-state index in [1.807, 2.05) is 19.2 Å². The van der Waals surface area contributed by atoms with E-state index in [1.54, 1.807) is 23.3 Å². The van der Waals surface area contributed by atoms with Gasteiger partial charge in [-0.1, -0.05) is 0 Å². The van der Waals surface area contributed by atoms with Crippen LogP contribution in [-0.4, -0.2) is 35.1 Å². The fourth-order valence-corrected chi connectivity index (χ4v) is 3.35. The molecule has 0 unspecified atom stereocenters. The molecule has 18 heavy (non-hydrogen) atoms. The number of nitrogens with zero attached hydrogens (tertiary/aromatic N) is 1. The summed E-state index contributed by atoms with van der Waals surface area (Å²) in [6, 6.07) is 0. The van der Waals surface area contributed by atoms with Crippen LogP contribution < -0.4 is 0 Å². The van der Waals surface area contributed by atoms with Crippen molar-refractivity contribution in [2.75, 3.05) is 13.7 Å². The highest BCUT2D eigenvalue weighted by Crippen LogP contribution is 2.31.